The van der Waals surface area contributed by atoms with E-state index in [2.05, 4.69) is 57.2 Å². The van der Waals surface area contributed by atoms with Crippen LogP contribution in [0.1, 0.15) is 64.6 Å². The lowest BCUT2D eigenvalue weighted by Gasteiger charge is -2.35. The molecule has 0 unspecified atom stereocenters. The summed E-state index contributed by atoms with van der Waals surface area (Å²) in [6.45, 7) is 13.7. The standard InChI is InChI=1S/C20H31NOSi/c1-16-9-12-20(22,13-10-16)17-7-8-18(21-15-17)11-14-23(5,6)19(2,3)4/h7-8,15-16,22H,9-10,12-13H2,1-6H3/t16-,20+. The van der Waals surface area contributed by atoms with Crippen LogP contribution in [0.5, 0.6) is 0 Å². The fraction of sp³-hybridized carbons (Fsp3) is 0.650. The molecular formula is C20H31NOSi. The molecule has 126 valence electrons. The largest absolute Gasteiger partial charge is 0.385 e. The maximum atomic E-state index is 10.8. The van der Waals surface area contributed by atoms with Crippen LogP contribution in [0.25, 0.3) is 0 Å². The molecular weight excluding hydrogens is 298 g/mol. The second kappa shape index (κ2) is 6.41. The molecule has 1 fully saturated rings. The molecule has 0 atom stereocenters. The van der Waals surface area contributed by atoms with Crippen LogP contribution >= 0.6 is 0 Å². The van der Waals surface area contributed by atoms with E-state index in [1.165, 1.54) is 0 Å². The predicted octanol–water partition coefficient (Wildman–Crippen LogP) is 4.88. The minimum atomic E-state index is -1.61. The first-order chi connectivity index (χ1) is 10.5. The van der Waals surface area contributed by atoms with Crippen molar-refractivity contribution in [2.24, 2.45) is 5.92 Å². The Bertz CT molecular complexity index is 593. The molecule has 1 aromatic heterocycles. The zero-order valence-electron chi connectivity index (χ0n) is 15.5. The van der Waals surface area contributed by atoms with Crippen molar-refractivity contribution in [2.75, 3.05) is 0 Å². The van der Waals surface area contributed by atoms with Gasteiger partial charge in [0, 0.05) is 11.8 Å². The summed E-state index contributed by atoms with van der Waals surface area (Å²) in [5.74, 6) is 3.98. The van der Waals surface area contributed by atoms with E-state index in [1.54, 1.807) is 0 Å². The van der Waals surface area contributed by atoms with Gasteiger partial charge in [-0.15, -0.1) is 5.54 Å². The zero-order chi connectivity index (χ0) is 17.3. The van der Waals surface area contributed by atoms with Gasteiger partial charge in [-0.05, 0) is 42.7 Å². The van der Waals surface area contributed by atoms with Crippen molar-refractivity contribution < 1.29 is 5.11 Å². The third-order valence-electron chi connectivity index (χ3n) is 5.78. The van der Waals surface area contributed by atoms with Crippen LogP contribution in [0.15, 0.2) is 18.3 Å². The molecule has 1 aliphatic carbocycles. The third-order valence-corrected chi connectivity index (χ3v) is 10.3. The molecule has 1 aromatic rings. The monoisotopic (exact) mass is 329 g/mol. The van der Waals surface area contributed by atoms with Gasteiger partial charge < -0.3 is 5.11 Å². The number of hydrogen-bond acceptors (Lipinski definition) is 2. The van der Waals surface area contributed by atoms with E-state index in [0.717, 1.165) is 42.9 Å². The highest BCUT2D eigenvalue weighted by Crippen LogP contribution is 2.39. The van der Waals surface area contributed by atoms with E-state index in [0.29, 0.717) is 0 Å². The number of pyridine rings is 1. The fourth-order valence-corrected chi connectivity index (χ4v) is 3.49. The summed E-state index contributed by atoms with van der Waals surface area (Å²) < 4.78 is 0. The zero-order valence-corrected chi connectivity index (χ0v) is 16.5. The Kier molecular flexibility index (Phi) is 5.08. The van der Waals surface area contributed by atoms with Gasteiger partial charge in [-0.2, -0.15) is 0 Å². The number of aliphatic hydroxyl groups is 1. The number of hydrogen-bond donors (Lipinski definition) is 1. The van der Waals surface area contributed by atoms with E-state index in [1.807, 2.05) is 18.3 Å². The van der Waals surface area contributed by atoms with Gasteiger partial charge in [-0.3, -0.25) is 0 Å². The summed E-state index contributed by atoms with van der Waals surface area (Å²) >= 11 is 0. The Morgan fingerprint density at radius 1 is 1.22 bits per heavy atom. The normalized spacial score (nSPS) is 25.6. The van der Waals surface area contributed by atoms with Crippen LogP contribution in [0, 0.1) is 17.4 Å². The SMILES string of the molecule is CC(C)(C)[Si](C)(C)C#Cc1ccc([C@]2(O)CC[C@@H](C)CC2)cn1. The molecule has 0 saturated heterocycles. The predicted molar refractivity (Wildman–Crippen MR) is 99.8 cm³/mol. The van der Waals surface area contributed by atoms with Crippen LogP contribution in [0.4, 0.5) is 0 Å². The van der Waals surface area contributed by atoms with E-state index in [9.17, 15) is 5.11 Å². The maximum Gasteiger partial charge on any atom is 0.138 e. The Balaban J connectivity index is 2.15. The molecule has 1 N–H and O–H groups in total. The summed E-state index contributed by atoms with van der Waals surface area (Å²) in [5, 5.41) is 11.1. The van der Waals surface area contributed by atoms with Crippen molar-refractivity contribution >= 4 is 8.07 Å². The van der Waals surface area contributed by atoms with Gasteiger partial charge in [0.15, 0.2) is 0 Å². The number of aromatic nitrogens is 1. The minimum absolute atomic E-state index is 0.258. The van der Waals surface area contributed by atoms with Crippen molar-refractivity contribution in [1.82, 2.24) is 4.98 Å². The van der Waals surface area contributed by atoms with Crippen molar-refractivity contribution in [2.45, 2.75) is 77.1 Å². The van der Waals surface area contributed by atoms with Crippen LogP contribution in [0.3, 0.4) is 0 Å². The summed E-state index contributed by atoms with van der Waals surface area (Å²) in [4.78, 5) is 4.49. The van der Waals surface area contributed by atoms with Gasteiger partial charge in [-0.1, -0.05) is 52.8 Å². The van der Waals surface area contributed by atoms with Crippen molar-refractivity contribution in [1.29, 1.82) is 0 Å². The molecule has 0 radical (unpaired) electrons. The summed E-state index contributed by atoms with van der Waals surface area (Å²) in [7, 11) is -1.61. The smallest absolute Gasteiger partial charge is 0.138 e. The third kappa shape index (κ3) is 4.25. The van der Waals surface area contributed by atoms with Crippen LogP contribution in [-0.4, -0.2) is 18.2 Å². The highest BCUT2D eigenvalue weighted by molar-refractivity contribution is 6.87. The minimum Gasteiger partial charge on any atom is -0.385 e. The average molecular weight is 330 g/mol. The van der Waals surface area contributed by atoms with Crippen molar-refractivity contribution in [3.63, 3.8) is 0 Å². The highest BCUT2D eigenvalue weighted by Gasteiger charge is 2.34. The molecule has 2 rings (SSSR count). The van der Waals surface area contributed by atoms with Gasteiger partial charge in [0.1, 0.15) is 13.8 Å². The average Bonchev–Trinajstić information content (AvgIpc) is 2.48. The van der Waals surface area contributed by atoms with Gasteiger partial charge in [0.05, 0.1) is 5.60 Å². The van der Waals surface area contributed by atoms with Gasteiger partial charge >= 0.3 is 0 Å². The second-order valence-corrected chi connectivity index (χ2v) is 13.8. The van der Waals surface area contributed by atoms with E-state index in [-0.39, 0.29) is 5.04 Å². The van der Waals surface area contributed by atoms with E-state index >= 15 is 0 Å². The van der Waals surface area contributed by atoms with Crippen LogP contribution < -0.4 is 0 Å². The molecule has 1 heterocycles. The van der Waals surface area contributed by atoms with Crippen molar-refractivity contribution in [3.8, 4) is 11.5 Å². The lowest BCUT2D eigenvalue weighted by atomic mass is 9.76. The Labute approximate surface area is 142 Å². The van der Waals surface area contributed by atoms with E-state index in [4.69, 9.17) is 0 Å². The Morgan fingerprint density at radius 2 is 1.83 bits per heavy atom. The first-order valence-electron chi connectivity index (χ1n) is 8.76. The number of rotatable bonds is 1. The fourth-order valence-electron chi connectivity index (χ4n) is 2.68. The van der Waals surface area contributed by atoms with E-state index < -0.39 is 13.7 Å². The van der Waals surface area contributed by atoms with Crippen LogP contribution in [0.2, 0.25) is 18.1 Å². The number of nitrogens with zero attached hydrogens (tertiary/aromatic N) is 1. The molecule has 0 aliphatic heterocycles. The quantitative estimate of drug-likeness (QED) is 0.588. The maximum absolute atomic E-state index is 10.8. The first-order valence-corrected chi connectivity index (χ1v) is 11.8. The van der Waals surface area contributed by atoms with Gasteiger partial charge in [0.2, 0.25) is 0 Å². The summed E-state index contributed by atoms with van der Waals surface area (Å²) in [5.41, 5.74) is 4.56. The first kappa shape index (κ1) is 18.2. The molecule has 0 spiro atoms. The molecule has 1 aliphatic rings. The van der Waals surface area contributed by atoms with Gasteiger partial charge in [0.25, 0.3) is 0 Å². The summed E-state index contributed by atoms with van der Waals surface area (Å²) in [6, 6.07) is 3.98. The van der Waals surface area contributed by atoms with Crippen LogP contribution in [-0.2, 0) is 5.60 Å². The van der Waals surface area contributed by atoms with Crippen molar-refractivity contribution in [3.05, 3.63) is 29.6 Å². The lowest BCUT2D eigenvalue weighted by Crippen LogP contribution is -2.35. The molecule has 3 heteroatoms. The second-order valence-electron chi connectivity index (χ2n) is 8.77. The molecule has 0 aromatic carbocycles. The lowest BCUT2D eigenvalue weighted by molar-refractivity contribution is -0.0123. The Morgan fingerprint density at radius 3 is 2.30 bits per heavy atom. The van der Waals surface area contributed by atoms with Gasteiger partial charge in [-0.25, -0.2) is 4.98 Å². The molecule has 2 nitrogen and oxygen atoms in total. The molecule has 23 heavy (non-hydrogen) atoms. The molecule has 0 amide bonds. The summed E-state index contributed by atoms with van der Waals surface area (Å²) in [6.07, 6.45) is 5.67. The Hall–Kier alpha value is -1.11. The molecule has 1 saturated carbocycles. The highest BCUT2D eigenvalue weighted by atomic mass is 28.3. The topological polar surface area (TPSA) is 33.1 Å². The molecule has 0 bridgehead atoms.